The fraction of sp³-hybridized carbons (Fsp3) is 0.826. The van der Waals surface area contributed by atoms with Gasteiger partial charge >= 0.3 is 6.18 Å². The molecule has 1 aromatic rings. The summed E-state index contributed by atoms with van der Waals surface area (Å²) in [5.41, 5.74) is 0.119. The van der Waals surface area contributed by atoms with E-state index in [1.807, 2.05) is 0 Å². The summed E-state index contributed by atoms with van der Waals surface area (Å²) in [4.78, 5) is 13.2. The first kappa shape index (κ1) is 22.0. The van der Waals surface area contributed by atoms with Crippen molar-refractivity contribution in [2.24, 2.45) is 29.6 Å². The minimum atomic E-state index is -4.47. The monoisotopic (exact) mass is 454 g/mol. The van der Waals surface area contributed by atoms with Gasteiger partial charge < -0.3 is 15.4 Å². The van der Waals surface area contributed by atoms with Crippen LogP contribution in [0.4, 0.5) is 13.2 Å². The second kappa shape index (κ2) is 8.88. The van der Waals surface area contributed by atoms with Crippen molar-refractivity contribution >= 4 is 5.91 Å². The third kappa shape index (κ3) is 4.77. The molecule has 178 valence electrons. The summed E-state index contributed by atoms with van der Waals surface area (Å²) in [6, 6.07) is 0.115. The van der Waals surface area contributed by atoms with Gasteiger partial charge in [-0.25, -0.2) is 4.68 Å². The number of nitrogens with one attached hydrogen (secondary N) is 2. The minimum Gasteiger partial charge on any atom is -0.468 e. The molecule has 4 aliphatic carbocycles. The van der Waals surface area contributed by atoms with Crippen molar-refractivity contribution in [3.63, 3.8) is 0 Å². The Morgan fingerprint density at radius 3 is 2.41 bits per heavy atom. The van der Waals surface area contributed by atoms with Gasteiger partial charge in [-0.3, -0.25) is 4.79 Å². The van der Waals surface area contributed by atoms with E-state index in [9.17, 15) is 18.0 Å². The molecule has 32 heavy (non-hydrogen) atoms. The van der Waals surface area contributed by atoms with Crippen molar-refractivity contribution in [3.05, 3.63) is 11.8 Å². The zero-order valence-corrected chi connectivity index (χ0v) is 18.4. The Morgan fingerprint density at radius 1 is 1.12 bits per heavy atom. The lowest BCUT2D eigenvalue weighted by Crippen LogP contribution is -2.55. The predicted molar refractivity (Wildman–Crippen MR) is 112 cm³/mol. The van der Waals surface area contributed by atoms with Crippen LogP contribution in [0, 0.1) is 29.6 Å². The number of piperidine rings is 1. The number of amides is 1. The van der Waals surface area contributed by atoms with E-state index >= 15 is 0 Å². The lowest BCUT2D eigenvalue weighted by atomic mass is 9.54. The van der Waals surface area contributed by atoms with E-state index < -0.39 is 12.8 Å². The smallest absolute Gasteiger partial charge is 0.422 e. The topological polar surface area (TPSA) is 68.2 Å². The number of aromatic nitrogens is 2. The van der Waals surface area contributed by atoms with Crippen molar-refractivity contribution in [2.75, 3.05) is 19.7 Å². The van der Waals surface area contributed by atoms with Gasteiger partial charge in [-0.15, -0.1) is 0 Å². The van der Waals surface area contributed by atoms with E-state index in [2.05, 4.69) is 15.7 Å². The highest BCUT2D eigenvalue weighted by molar-refractivity contribution is 5.96. The normalized spacial score (nSPS) is 32.3. The molecule has 6 nitrogen and oxygen atoms in total. The number of nitrogens with zero attached hydrogens (tertiary/aromatic N) is 2. The van der Waals surface area contributed by atoms with E-state index in [4.69, 9.17) is 4.74 Å². The second-order valence-corrected chi connectivity index (χ2v) is 10.4. The Morgan fingerprint density at radius 2 is 1.78 bits per heavy atom. The van der Waals surface area contributed by atoms with Crippen LogP contribution in [0.2, 0.25) is 0 Å². The molecule has 0 atom stereocenters. The molecule has 1 amide bonds. The van der Waals surface area contributed by atoms with Crippen LogP contribution in [-0.4, -0.2) is 47.6 Å². The van der Waals surface area contributed by atoms with Crippen molar-refractivity contribution in [1.82, 2.24) is 20.4 Å². The van der Waals surface area contributed by atoms with Gasteiger partial charge in [0.25, 0.3) is 5.91 Å². The summed E-state index contributed by atoms with van der Waals surface area (Å²) in [5.74, 6) is 2.64. The Hall–Kier alpha value is -1.77. The molecule has 0 radical (unpaired) electrons. The van der Waals surface area contributed by atoms with Crippen molar-refractivity contribution in [2.45, 2.75) is 70.1 Å². The van der Waals surface area contributed by atoms with Gasteiger partial charge in [-0.1, -0.05) is 0 Å². The molecule has 4 bridgehead atoms. The molecule has 2 heterocycles. The van der Waals surface area contributed by atoms with Crippen LogP contribution >= 0.6 is 0 Å². The molecule has 5 aliphatic rings. The van der Waals surface area contributed by atoms with Crippen LogP contribution < -0.4 is 15.4 Å². The highest BCUT2D eigenvalue weighted by atomic mass is 19.4. The maximum atomic E-state index is 13.2. The van der Waals surface area contributed by atoms with Gasteiger partial charge in [0.2, 0.25) is 5.88 Å². The summed E-state index contributed by atoms with van der Waals surface area (Å²) >= 11 is 0. The molecule has 1 aromatic heterocycles. The van der Waals surface area contributed by atoms with Gasteiger partial charge in [-0.2, -0.15) is 18.3 Å². The Bertz CT molecular complexity index is 791. The zero-order valence-electron chi connectivity index (χ0n) is 18.4. The Kier molecular flexibility index (Phi) is 6.11. The van der Waals surface area contributed by atoms with Crippen molar-refractivity contribution in [1.29, 1.82) is 0 Å². The number of hydrogen-bond acceptors (Lipinski definition) is 4. The van der Waals surface area contributed by atoms with Crippen LogP contribution in [0.25, 0.3) is 0 Å². The number of aryl methyl sites for hydroxylation is 1. The van der Waals surface area contributed by atoms with E-state index in [0.29, 0.717) is 24.3 Å². The van der Waals surface area contributed by atoms with Crippen molar-refractivity contribution < 1.29 is 22.7 Å². The van der Waals surface area contributed by atoms with Crippen LogP contribution in [0.3, 0.4) is 0 Å². The second-order valence-electron chi connectivity index (χ2n) is 10.4. The molecule has 2 N–H and O–H groups in total. The molecule has 0 unspecified atom stereocenters. The molecule has 9 heteroatoms. The first-order valence-electron chi connectivity index (χ1n) is 12.1. The van der Waals surface area contributed by atoms with Gasteiger partial charge in [0.15, 0.2) is 6.61 Å². The fourth-order valence-electron chi connectivity index (χ4n) is 6.86. The molecule has 6 rings (SSSR count). The number of rotatable bonds is 7. The fourth-order valence-corrected chi connectivity index (χ4v) is 6.86. The summed E-state index contributed by atoms with van der Waals surface area (Å²) in [6.45, 7) is 0.939. The molecule has 0 spiro atoms. The van der Waals surface area contributed by atoms with Crippen LogP contribution in [0.1, 0.15) is 61.7 Å². The predicted octanol–water partition coefficient (Wildman–Crippen LogP) is 3.77. The molecule has 5 fully saturated rings. The lowest BCUT2D eigenvalue weighted by molar-refractivity contribution is -0.154. The van der Waals surface area contributed by atoms with E-state index in [-0.39, 0.29) is 23.4 Å². The number of carbonyl (C=O) groups excluding carboxylic acids is 1. The Balaban J connectivity index is 1.29. The van der Waals surface area contributed by atoms with Gasteiger partial charge in [-0.05, 0) is 94.0 Å². The molecule has 0 aromatic carbocycles. The van der Waals surface area contributed by atoms with Gasteiger partial charge in [0.1, 0.15) is 5.56 Å². The average molecular weight is 455 g/mol. The van der Waals surface area contributed by atoms with E-state index in [1.54, 1.807) is 0 Å². The standard InChI is InChI=1S/C23H33F3N4O2/c24-23(25,26)13-32-22-19(12-28-30(22)6-3-14-1-4-27-5-2-14)21(31)29-20-17-8-15-7-16(10-17)11-18(20)9-15/h12,14-18,20,27H,1-11,13H2,(H,29,31). The molecule has 4 saturated carbocycles. The molecular weight excluding hydrogens is 421 g/mol. The average Bonchev–Trinajstić information content (AvgIpc) is 3.16. The Labute approximate surface area is 186 Å². The van der Waals surface area contributed by atoms with E-state index in [1.165, 1.54) is 17.3 Å². The number of alkyl halides is 3. The third-order valence-electron chi connectivity index (χ3n) is 8.14. The first-order chi connectivity index (χ1) is 15.4. The van der Waals surface area contributed by atoms with Crippen LogP contribution in [-0.2, 0) is 6.54 Å². The van der Waals surface area contributed by atoms with Gasteiger partial charge in [0, 0.05) is 12.6 Å². The summed E-state index contributed by atoms with van der Waals surface area (Å²) in [7, 11) is 0. The highest BCUT2D eigenvalue weighted by Gasteiger charge is 2.48. The summed E-state index contributed by atoms with van der Waals surface area (Å²) < 4.78 is 45.3. The summed E-state index contributed by atoms with van der Waals surface area (Å²) in [5, 5.41) is 10.7. The zero-order chi connectivity index (χ0) is 22.3. The number of halogens is 3. The van der Waals surface area contributed by atoms with Gasteiger partial charge in [0.05, 0.1) is 6.20 Å². The van der Waals surface area contributed by atoms with Crippen LogP contribution in [0.5, 0.6) is 5.88 Å². The quantitative estimate of drug-likeness (QED) is 0.658. The molecule has 1 saturated heterocycles. The SMILES string of the molecule is O=C(NC1C2CC3CC(C2)CC1C3)c1cnn(CCC2CCNCC2)c1OCC(F)(F)F. The maximum Gasteiger partial charge on any atom is 0.422 e. The van der Waals surface area contributed by atoms with Crippen LogP contribution in [0.15, 0.2) is 6.20 Å². The molecule has 1 aliphatic heterocycles. The lowest BCUT2D eigenvalue weighted by Gasteiger charge is -2.54. The highest BCUT2D eigenvalue weighted by Crippen LogP contribution is 2.53. The maximum absolute atomic E-state index is 13.2. The van der Waals surface area contributed by atoms with Crippen molar-refractivity contribution in [3.8, 4) is 5.88 Å². The third-order valence-corrected chi connectivity index (χ3v) is 8.14. The minimum absolute atomic E-state index is 0.0578. The number of carbonyl (C=O) groups is 1. The number of ether oxygens (including phenoxy) is 1. The van der Waals surface area contributed by atoms with E-state index in [0.717, 1.165) is 69.9 Å². The first-order valence-corrected chi connectivity index (χ1v) is 12.1. The largest absolute Gasteiger partial charge is 0.468 e. The summed E-state index contributed by atoms with van der Waals surface area (Å²) in [6.07, 6.45) is 5.75. The molecular formula is C23H33F3N4O2. The number of hydrogen-bond donors (Lipinski definition) is 2.